The minimum absolute atomic E-state index is 0.0134. The van der Waals surface area contributed by atoms with Crippen LogP contribution in [0.15, 0.2) is 47.2 Å². The number of halogens is 1. The van der Waals surface area contributed by atoms with Crippen molar-refractivity contribution in [3.63, 3.8) is 0 Å². The van der Waals surface area contributed by atoms with Crippen LogP contribution < -0.4 is 9.47 Å². The number of hydrogen-bond acceptors (Lipinski definition) is 4. The Kier molecular flexibility index (Phi) is 5.61. The first-order chi connectivity index (χ1) is 15.4. The number of imidazole rings is 1. The van der Waals surface area contributed by atoms with Gasteiger partial charge in [0.05, 0.1) is 25.0 Å². The molecule has 2 fully saturated rings. The van der Waals surface area contributed by atoms with Crippen molar-refractivity contribution in [3.8, 4) is 11.5 Å². The standard InChI is InChI=1S/C25H28BrN3O3/c1-15(17-4-8-21(31-3)9-5-17)28-13-18(10-24(28)30)16(2)32-23-12-19(26)11-22-25(23)29(14-27-22)20-6-7-20/h4-5,8-9,11-12,14-16,18,20H,6-7,10,13H2,1-3H3/t15-,16-,18?/m1/s1. The van der Waals surface area contributed by atoms with Crippen LogP contribution in [0.25, 0.3) is 11.0 Å². The molecule has 3 aromatic rings. The zero-order chi connectivity index (χ0) is 22.4. The van der Waals surface area contributed by atoms with Gasteiger partial charge in [-0.15, -0.1) is 0 Å². The third-order valence-corrected chi connectivity index (χ3v) is 7.23. The number of amides is 1. The number of carbonyl (C=O) groups excluding carboxylic acids is 1. The molecule has 0 radical (unpaired) electrons. The first-order valence-electron chi connectivity index (χ1n) is 11.2. The van der Waals surface area contributed by atoms with Crippen molar-refractivity contribution in [2.45, 2.75) is 51.3 Å². The van der Waals surface area contributed by atoms with Gasteiger partial charge in [0.1, 0.15) is 23.1 Å². The fourth-order valence-corrected chi connectivity index (χ4v) is 5.05. The summed E-state index contributed by atoms with van der Waals surface area (Å²) in [6.45, 7) is 4.84. The highest BCUT2D eigenvalue weighted by molar-refractivity contribution is 9.10. The van der Waals surface area contributed by atoms with Gasteiger partial charge in [0.15, 0.2) is 0 Å². The Hall–Kier alpha value is -2.54. The molecule has 1 unspecified atom stereocenters. The van der Waals surface area contributed by atoms with E-state index in [0.29, 0.717) is 19.0 Å². The third kappa shape index (κ3) is 3.98. The lowest BCUT2D eigenvalue weighted by Gasteiger charge is -2.27. The molecule has 7 heteroatoms. The van der Waals surface area contributed by atoms with Crippen LogP contribution in [0.1, 0.15) is 50.8 Å². The molecule has 2 heterocycles. The van der Waals surface area contributed by atoms with Crippen LogP contribution in [0.5, 0.6) is 11.5 Å². The summed E-state index contributed by atoms with van der Waals surface area (Å²) in [5.74, 6) is 1.96. The van der Waals surface area contributed by atoms with Gasteiger partial charge in [0, 0.05) is 29.4 Å². The molecule has 5 rings (SSSR count). The Bertz CT molecular complexity index is 1140. The lowest BCUT2D eigenvalue weighted by atomic mass is 10.0. The molecule has 32 heavy (non-hydrogen) atoms. The topological polar surface area (TPSA) is 56.6 Å². The van der Waals surface area contributed by atoms with Crippen molar-refractivity contribution in [1.29, 1.82) is 0 Å². The molecule has 1 aromatic heterocycles. The van der Waals surface area contributed by atoms with Gasteiger partial charge < -0.3 is 18.9 Å². The molecular formula is C25H28BrN3O3. The number of aromatic nitrogens is 2. The second kappa shape index (κ2) is 8.43. The van der Waals surface area contributed by atoms with E-state index in [1.807, 2.05) is 47.6 Å². The largest absolute Gasteiger partial charge is 0.497 e. The number of hydrogen-bond donors (Lipinski definition) is 0. The Morgan fingerprint density at radius 3 is 2.59 bits per heavy atom. The van der Waals surface area contributed by atoms with E-state index in [1.165, 1.54) is 12.8 Å². The summed E-state index contributed by atoms with van der Waals surface area (Å²) in [6, 6.07) is 12.5. The first-order valence-corrected chi connectivity index (χ1v) is 12.0. The van der Waals surface area contributed by atoms with Crippen LogP contribution in [-0.2, 0) is 4.79 Å². The first kappa shape index (κ1) is 21.3. The van der Waals surface area contributed by atoms with Gasteiger partial charge in [-0.25, -0.2) is 4.98 Å². The van der Waals surface area contributed by atoms with E-state index in [1.54, 1.807) is 7.11 Å². The second-order valence-corrected chi connectivity index (χ2v) is 9.85. The molecule has 1 saturated heterocycles. The molecule has 1 aliphatic heterocycles. The van der Waals surface area contributed by atoms with Gasteiger partial charge in [-0.3, -0.25) is 4.79 Å². The summed E-state index contributed by atoms with van der Waals surface area (Å²) in [4.78, 5) is 19.4. The molecule has 1 amide bonds. The maximum atomic E-state index is 12.9. The van der Waals surface area contributed by atoms with Crippen LogP contribution >= 0.6 is 15.9 Å². The number of methoxy groups -OCH3 is 1. The summed E-state index contributed by atoms with van der Waals surface area (Å²) in [5, 5.41) is 0. The smallest absolute Gasteiger partial charge is 0.223 e. The fourth-order valence-electron chi connectivity index (χ4n) is 4.63. The van der Waals surface area contributed by atoms with Crippen LogP contribution in [0.2, 0.25) is 0 Å². The normalized spacial score (nSPS) is 20.6. The lowest BCUT2D eigenvalue weighted by Crippen LogP contribution is -2.31. The average molecular weight is 498 g/mol. The molecule has 6 nitrogen and oxygen atoms in total. The Morgan fingerprint density at radius 1 is 1.16 bits per heavy atom. The number of likely N-dealkylation sites (tertiary alicyclic amines) is 1. The van der Waals surface area contributed by atoms with Gasteiger partial charge in [-0.05, 0) is 56.5 Å². The Morgan fingerprint density at radius 2 is 1.91 bits per heavy atom. The van der Waals surface area contributed by atoms with Gasteiger partial charge in [-0.2, -0.15) is 0 Å². The molecule has 1 saturated carbocycles. The monoisotopic (exact) mass is 497 g/mol. The third-order valence-electron chi connectivity index (χ3n) is 6.77. The zero-order valence-electron chi connectivity index (χ0n) is 18.6. The number of nitrogens with zero attached hydrogens (tertiary/aromatic N) is 3. The maximum absolute atomic E-state index is 12.9. The van der Waals surface area contributed by atoms with Crippen LogP contribution in [0, 0.1) is 5.92 Å². The van der Waals surface area contributed by atoms with Gasteiger partial charge in [-0.1, -0.05) is 28.1 Å². The van der Waals surface area contributed by atoms with E-state index >= 15 is 0 Å². The number of carbonyl (C=O) groups is 1. The van der Waals surface area contributed by atoms with Crippen molar-refractivity contribution in [2.75, 3.05) is 13.7 Å². The molecule has 1 aliphatic carbocycles. The molecule has 0 N–H and O–H groups in total. The molecule has 3 atom stereocenters. The van der Waals surface area contributed by atoms with Crippen LogP contribution in [0.4, 0.5) is 0 Å². The second-order valence-electron chi connectivity index (χ2n) is 8.94. The van der Waals surface area contributed by atoms with E-state index in [-0.39, 0.29) is 24.0 Å². The van der Waals surface area contributed by atoms with Crippen molar-refractivity contribution < 1.29 is 14.3 Å². The summed E-state index contributed by atoms with van der Waals surface area (Å²) < 4.78 is 14.9. The summed E-state index contributed by atoms with van der Waals surface area (Å²) in [6.07, 6.45) is 4.70. The zero-order valence-corrected chi connectivity index (χ0v) is 20.2. The molecule has 2 aliphatic rings. The maximum Gasteiger partial charge on any atom is 0.223 e. The summed E-state index contributed by atoms with van der Waals surface area (Å²) in [7, 11) is 1.66. The predicted molar refractivity (Wildman–Crippen MR) is 127 cm³/mol. The van der Waals surface area contributed by atoms with E-state index in [9.17, 15) is 4.79 Å². The lowest BCUT2D eigenvalue weighted by molar-refractivity contribution is -0.129. The molecule has 2 aromatic carbocycles. The van der Waals surface area contributed by atoms with Crippen LogP contribution in [-0.4, -0.2) is 40.1 Å². The minimum Gasteiger partial charge on any atom is -0.497 e. The van der Waals surface area contributed by atoms with Crippen molar-refractivity contribution in [1.82, 2.24) is 14.5 Å². The van der Waals surface area contributed by atoms with Gasteiger partial charge in [0.2, 0.25) is 5.91 Å². The molecule has 168 valence electrons. The van der Waals surface area contributed by atoms with E-state index in [2.05, 4.69) is 39.3 Å². The minimum atomic E-state index is -0.0907. The summed E-state index contributed by atoms with van der Waals surface area (Å²) >= 11 is 3.59. The van der Waals surface area contributed by atoms with E-state index in [0.717, 1.165) is 32.6 Å². The number of benzene rings is 2. The van der Waals surface area contributed by atoms with Crippen molar-refractivity contribution >= 4 is 32.9 Å². The number of ether oxygens (including phenoxy) is 2. The Balaban J connectivity index is 1.33. The highest BCUT2D eigenvalue weighted by Crippen LogP contribution is 2.41. The highest BCUT2D eigenvalue weighted by atomic mass is 79.9. The molecule has 0 bridgehead atoms. The summed E-state index contributed by atoms with van der Waals surface area (Å²) in [5.41, 5.74) is 3.09. The average Bonchev–Trinajstić information content (AvgIpc) is 3.42. The quantitative estimate of drug-likeness (QED) is 0.431. The van der Waals surface area contributed by atoms with Crippen molar-refractivity contribution in [2.24, 2.45) is 5.92 Å². The molecule has 0 spiro atoms. The van der Waals surface area contributed by atoms with E-state index in [4.69, 9.17) is 9.47 Å². The highest BCUT2D eigenvalue weighted by Gasteiger charge is 2.37. The van der Waals surface area contributed by atoms with Crippen LogP contribution in [0.3, 0.4) is 0 Å². The van der Waals surface area contributed by atoms with Crippen molar-refractivity contribution in [3.05, 3.63) is 52.8 Å². The Labute approximate surface area is 196 Å². The predicted octanol–water partition coefficient (Wildman–Crippen LogP) is 5.52. The number of fused-ring (bicyclic) bond motifs is 1. The van der Waals surface area contributed by atoms with Gasteiger partial charge >= 0.3 is 0 Å². The van der Waals surface area contributed by atoms with Gasteiger partial charge in [0.25, 0.3) is 0 Å². The SMILES string of the molecule is COc1ccc([C@@H](C)N2CC([C@@H](C)Oc3cc(Br)cc4ncn(C5CC5)c34)CC2=O)cc1. The van der Waals surface area contributed by atoms with E-state index < -0.39 is 0 Å². The molecular weight excluding hydrogens is 470 g/mol. The number of rotatable bonds is 7. The fraction of sp³-hybridized carbons (Fsp3) is 0.440.